The molecule has 21 heavy (non-hydrogen) atoms. The number of unbranched alkanes of at least 4 members (excludes halogenated alkanes) is 1. The quantitative estimate of drug-likeness (QED) is 0.608. The van der Waals surface area contributed by atoms with Crippen molar-refractivity contribution in [2.24, 2.45) is 5.92 Å². The van der Waals surface area contributed by atoms with E-state index in [0.29, 0.717) is 6.42 Å². The van der Waals surface area contributed by atoms with Crippen LogP contribution in [-0.4, -0.2) is 47.7 Å². The van der Waals surface area contributed by atoms with Crippen molar-refractivity contribution in [3.8, 4) is 0 Å². The maximum Gasteiger partial charge on any atom is 0.323 e. The first-order valence-corrected chi connectivity index (χ1v) is 8.72. The van der Waals surface area contributed by atoms with Gasteiger partial charge in [0.15, 0.2) is 0 Å². The van der Waals surface area contributed by atoms with Crippen molar-refractivity contribution in [1.82, 2.24) is 10.2 Å². The Balaban J connectivity index is 2.26. The third-order valence-corrected chi connectivity index (χ3v) is 4.82. The van der Waals surface area contributed by atoms with Gasteiger partial charge in [-0.15, -0.1) is 0 Å². The van der Waals surface area contributed by atoms with Crippen LogP contribution in [0.25, 0.3) is 0 Å². The largest absolute Gasteiger partial charge is 0.480 e. The zero-order valence-corrected chi connectivity index (χ0v) is 14.2. The average Bonchev–Trinajstić information content (AvgIpc) is 2.49. The number of aliphatic carboxylic acids is 1. The Kier molecular flexibility index (Phi) is 8.27. The third kappa shape index (κ3) is 6.35. The van der Waals surface area contributed by atoms with Gasteiger partial charge >= 0.3 is 5.97 Å². The standard InChI is InChI=1S/C17H34N2O2/c1-4-11-18-17(3,16(20)21)10-6-7-12-19-13-8-9-15(5-2)14-19/h15,18H,4-14H2,1-3H3,(H,20,21). The van der Waals surface area contributed by atoms with E-state index < -0.39 is 11.5 Å². The molecule has 1 saturated heterocycles. The van der Waals surface area contributed by atoms with Gasteiger partial charge in [-0.3, -0.25) is 4.79 Å². The molecule has 0 radical (unpaired) electrons. The SMILES string of the molecule is CCCNC(C)(CCCCN1CCCC(CC)C1)C(=O)O. The molecule has 0 aromatic rings. The average molecular weight is 298 g/mol. The summed E-state index contributed by atoms with van der Waals surface area (Å²) in [5.74, 6) is 0.147. The zero-order chi connectivity index (χ0) is 15.7. The molecule has 0 saturated carbocycles. The minimum atomic E-state index is -0.760. The lowest BCUT2D eigenvalue weighted by Crippen LogP contribution is -2.49. The lowest BCUT2D eigenvalue weighted by molar-refractivity contribution is -0.144. The van der Waals surface area contributed by atoms with Crippen LogP contribution in [0.3, 0.4) is 0 Å². The van der Waals surface area contributed by atoms with E-state index in [9.17, 15) is 9.90 Å². The van der Waals surface area contributed by atoms with Crippen molar-refractivity contribution >= 4 is 5.97 Å². The number of nitrogens with zero attached hydrogens (tertiary/aromatic N) is 1. The van der Waals surface area contributed by atoms with E-state index in [1.165, 1.54) is 32.4 Å². The summed E-state index contributed by atoms with van der Waals surface area (Å²) in [6, 6.07) is 0. The van der Waals surface area contributed by atoms with Gasteiger partial charge < -0.3 is 15.3 Å². The lowest BCUT2D eigenvalue weighted by atomic mass is 9.93. The molecule has 1 heterocycles. The number of rotatable bonds is 10. The van der Waals surface area contributed by atoms with Gasteiger partial charge in [-0.2, -0.15) is 0 Å². The second-order valence-corrected chi connectivity index (χ2v) is 6.74. The Labute approximate surface area is 130 Å². The summed E-state index contributed by atoms with van der Waals surface area (Å²) in [4.78, 5) is 14.0. The molecule has 1 rings (SSSR count). The fraction of sp³-hybridized carbons (Fsp3) is 0.941. The predicted molar refractivity (Wildman–Crippen MR) is 87.6 cm³/mol. The van der Waals surface area contributed by atoms with E-state index in [4.69, 9.17) is 0 Å². The van der Waals surface area contributed by atoms with Gasteiger partial charge in [-0.05, 0) is 71.0 Å². The van der Waals surface area contributed by atoms with E-state index in [-0.39, 0.29) is 0 Å². The monoisotopic (exact) mass is 298 g/mol. The van der Waals surface area contributed by atoms with E-state index in [2.05, 4.69) is 24.1 Å². The minimum absolute atomic E-state index is 0.716. The third-order valence-electron chi connectivity index (χ3n) is 4.82. The maximum absolute atomic E-state index is 11.4. The molecule has 1 fully saturated rings. The maximum atomic E-state index is 11.4. The molecule has 0 spiro atoms. The van der Waals surface area contributed by atoms with Gasteiger partial charge in [0.05, 0.1) is 0 Å². The summed E-state index contributed by atoms with van der Waals surface area (Å²) in [7, 11) is 0. The molecular weight excluding hydrogens is 264 g/mol. The molecule has 4 heteroatoms. The summed E-state index contributed by atoms with van der Waals surface area (Å²) in [5.41, 5.74) is -0.760. The van der Waals surface area contributed by atoms with Gasteiger partial charge in [0.2, 0.25) is 0 Å². The van der Waals surface area contributed by atoms with Crippen LogP contribution >= 0.6 is 0 Å². The predicted octanol–water partition coefficient (Wildman–Crippen LogP) is 3.12. The Morgan fingerprint density at radius 1 is 1.38 bits per heavy atom. The van der Waals surface area contributed by atoms with Crippen LogP contribution in [0.15, 0.2) is 0 Å². The highest BCUT2D eigenvalue weighted by molar-refractivity contribution is 5.78. The summed E-state index contributed by atoms with van der Waals surface area (Å²) in [6.45, 7) is 10.5. The van der Waals surface area contributed by atoms with Crippen molar-refractivity contribution in [3.05, 3.63) is 0 Å². The van der Waals surface area contributed by atoms with Crippen LogP contribution < -0.4 is 5.32 Å². The van der Waals surface area contributed by atoms with Crippen LogP contribution in [0.2, 0.25) is 0 Å². The number of carboxylic acid groups (broad SMARTS) is 1. The first kappa shape index (κ1) is 18.4. The van der Waals surface area contributed by atoms with Gasteiger partial charge in [0.1, 0.15) is 5.54 Å². The minimum Gasteiger partial charge on any atom is -0.480 e. The molecule has 4 nitrogen and oxygen atoms in total. The summed E-state index contributed by atoms with van der Waals surface area (Å²) in [5, 5.41) is 12.6. The van der Waals surface area contributed by atoms with E-state index in [1.54, 1.807) is 0 Å². The van der Waals surface area contributed by atoms with Crippen LogP contribution in [-0.2, 0) is 4.79 Å². The Bertz CT molecular complexity index is 309. The van der Waals surface area contributed by atoms with Crippen molar-refractivity contribution in [1.29, 1.82) is 0 Å². The lowest BCUT2D eigenvalue weighted by Gasteiger charge is -2.32. The molecule has 1 aliphatic heterocycles. The van der Waals surface area contributed by atoms with Gasteiger partial charge in [0, 0.05) is 6.54 Å². The van der Waals surface area contributed by atoms with Gasteiger partial charge in [0.25, 0.3) is 0 Å². The smallest absolute Gasteiger partial charge is 0.323 e. The number of likely N-dealkylation sites (tertiary alicyclic amines) is 1. The molecule has 2 unspecified atom stereocenters. The number of carboxylic acids is 1. The first-order chi connectivity index (χ1) is 10.0. The van der Waals surface area contributed by atoms with Crippen molar-refractivity contribution in [2.75, 3.05) is 26.2 Å². The zero-order valence-electron chi connectivity index (χ0n) is 14.2. The summed E-state index contributed by atoms with van der Waals surface area (Å²) < 4.78 is 0. The fourth-order valence-electron chi connectivity index (χ4n) is 3.17. The van der Waals surface area contributed by atoms with Crippen molar-refractivity contribution in [2.45, 2.75) is 71.3 Å². The second kappa shape index (κ2) is 9.42. The van der Waals surface area contributed by atoms with Crippen molar-refractivity contribution in [3.63, 3.8) is 0 Å². The summed E-state index contributed by atoms with van der Waals surface area (Å²) in [6.07, 6.45) is 7.76. The van der Waals surface area contributed by atoms with Crippen LogP contribution in [0.4, 0.5) is 0 Å². The fourth-order valence-corrected chi connectivity index (χ4v) is 3.17. The molecule has 124 valence electrons. The highest BCUT2D eigenvalue weighted by Gasteiger charge is 2.31. The van der Waals surface area contributed by atoms with Gasteiger partial charge in [-0.1, -0.05) is 20.3 Å². The molecule has 0 aromatic carbocycles. The first-order valence-electron chi connectivity index (χ1n) is 8.72. The molecule has 1 aliphatic rings. The highest BCUT2D eigenvalue weighted by Crippen LogP contribution is 2.20. The molecule has 0 bridgehead atoms. The molecular formula is C17H34N2O2. The number of nitrogens with one attached hydrogen (secondary N) is 1. The second-order valence-electron chi connectivity index (χ2n) is 6.74. The van der Waals surface area contributed by atoms with Crippen LogP contribution in [0.1, 0.15) is 65.7 Å². The van der Waals surface area contributed by atoms with Crippen molar-refractivity contribution < 1.29 is 9.90 Å². The van der Waals surface area contributed by atoms with Crippen LogP contribution in [0, 0.1) is 5.92 Å². The summed E-state index contributed by atoms with van der Waals surface area (Å²) >= 11 is 0. The number of piperidine rings is 1. The topological polar surface area (TPSA) is 52.6 Å². The van der Waals surface area contributed by atoms with Crippen LogP contribution in [0.5, 0.6) is 0 Å². The normalized spacial score (nSPS) is 22.9. The molecule has 0 aromatic heterocycles. The van der Waals surface area contributed by atoms with E-state index >= 15 is 0 Å². The van der Waals surface area contributed by atoms with E-state index in [0.717, 1.165) is 38.3 Å². The Morgan fingerprint density at radius 3 is 2.76 bits per heavy atom. The van der Waals surface area contributed by atoms with Gasteiger partial charge in [-0.25, -0.2) is 0 Å². The molecule has 2 N–H and O–H groups in total. The Morgan fingerprint density at radius 2 is 2.14 bits per heavy atom. The van der Waals surface area contributed by atoms with E-state index in [1.807, 2.05) is 6.92 Å². The highest BCUT2D eigenvalue weighted by atomic mass is 16.4. The molecule has 0 amide bonds. The molecule has 2 atom stereocenters. The Hall–Kier alpha value is -0.610. The number of hydrogen-bond donors (Lipinski definition) is 2. The molecule has 0 aliphatic carbocycles. The number of hydrogen-bond acceptors (Lipinski definition) is 3. The number of carbonyl (C=O) groups is 1.